The van der Waals surface area contributed by atoms with E-state index in [-0.39, 0.29) is 5.97 Å². The fourth-order valence-electron chi connectivity index (χ4n) is 5.08. The van der Waals surface area contributed by atoms with Crippen molar-refractivity contribution in [2.24, 2.45) is 23.5 Å². The number of carbonyl (C=O) groups is 1. The van der Waals surface area contributed by atoms with Gasteiger partial charge in [0.1, 0.15) is 6.04 Å². The molecule has 0 aliphatic carbocycles. The number of likely N-dealkylation sites (tertiary alicyclic amines) is 1. The molecule has 5 heteroatoms. The molecule has 2 bridgehead atoms. The molecule has 0 saturated carbocycles. The van der Waals surface area contributed by atoms with Crippen molar-refractivity contribution in [2.45, 2.75) is 51.2 Å². The molecule has 0 aromatic rings. The van der Waals surface area contributed by atoms with Crippen LogP contribution in [0.3, 0.4) is 0 Å². The van der Waals surface area contributed by atoms with Gasteiger partial charge in [0.25, 0.3) is 0 Å². The van der Waals surface area contributed by atoms with Gasteiger partial charge in [0.15, 0.2) is 0 Å². The van der Waals surface area contributed by atoms with E-state index < -0.39 is 6.04 Å². The minimum absolute atomic E-state index is 0.274. The summed E-state index contributed by atoms with van der Waals surface area (Å²) in [6.45, 7) is 9.29. The zero-order chi connectivity index (χ0) is 15.9. The zero-order valence-corrected chi connectivity index (χ0v) is 14.2. The van der Waals surface area contributed by atoms with Gasteiger partial charge in [0, 0.05) is 25.2 Å². The number of fused-ring (bicyclic) bond motifs is 2. The summed E-state index contributed by atoms with van der Waals surface area (Å²) in [6, 6.07) is 0.511. The Kier molecular flexibility index (Phi) is 4.76. The number of rotatable bonds is 5. The van der Waals surface area contributed by atoms with Crippen LogP contribution in [-0.4, -0.2) is 67.2 Å². The molecule has 4 rings (SSSR count). The predicted molar refractivity (Wildman–Crippen MR) is 86.4 cm³/mol. The number of hydrogen-bond acceptors (Lipinski definition) is 5. The Hall–Kier alpha value is -0.650. The minimum atomic E-state index is -0.495. The molecule has 4 unspecified atom stereocenters. The Bertz CT molecular complexity index is 407. The second kappa shape index (κ2) is 6.46. The van der Waals surface area contributed by atoms with E-state index in [0.29, 0.717) is 18.0 Å². The topological polar surface area (TPSA) is 58.8 Å². The van der Waals surface area contributed by atoms with E-state index in [1.54, 1.807) is 0 Å². The molecule has 4 saturated heterocycles. The molecule has 0 aromatic carbocycles. The van der Waals surface area contributed by atoms with E-state index >= 15 is 0 Å². The Balaban J connectivity index is 1.77. The van der Waals surface area contributed by atoms with Crippen LogP contribution >= 0.6 is 0 Å². The Morgan fingerprint density at radius 2 is 2.00 bits per heavy atom. The first-order valence-corrected chi connectivity index (χ1v) is 8.82. The van der Waals surface area contributed by atoms with Crippen LogP contribution < -0.4 is 5.73 Å². The van der Waals surface area contributed by atoms with E-state index in [1.807, 2.05) is 0 Å². The van der Waals surface area contributed by atoms with Crippen molar-refractivity contribution in [3.8, 4) is 0 Å². The first-order valence-electron chi connectivity index (χ1n) is 8.82. The van der Waals surface area contributed by atoms with Crippen molar-refractivity contribution < 1.29 is 9.53 Å². The summed E-state index contributed by atoms with van der Waals surface area (Å²) in [4.78, 5) is 17.0. The summed E-state index contributed by atoms with van der Waals surface area (Å²) in [6.07, 6.45) is 3.43. The fraction of sp³-hybridized carbons (Fsp3) is 0.941. The van der Waals surface area contributed by atoms with Gasteiger partial charge in [-0.3, -0.25) is 14.6 Å². The summed E-state index contributed by atoms with van der Waals surface area (Å²) >= 11 is 0. The lowest BCUT2D eigenvalue weighted by molar-refractivity contribution is -0.142. The maximum Gasteiger partial charge on any atom is 0.322 e. The summed E-state index contributed by atoms with van der Waals surface area (Å²) in [5.74, 6) is 2.02. The van der Waals surface area contributed by atoms with Gasteiger partial charge in [-0.1, -0.05) is 13.8 Å². The molecule has 4 aliphatic heterocycles. The van der Waals surface area contributed by atoms with Gasteiger partial charge in [-0.2, -0.15) is 0 Å². The average molecular weight is 309 g/mol. The first-order chi connectivity index (χ1) is 10.5. The van der Waals surface area contributed by atoms with Gasteiger partial charge < -0.3 is 10.5 Å². The van der Waals surface area contributed by atoms with E-state index in [4.69, 9.17) is 10.5 Å². The highest BCUT2D eigenvalue weighted by atomic mass is 16.5. The minimum Gasteiger partial charge on any atom is -0.468 e. The summed E-state index contributed by atoms with van der Waals surface area (Å²) in [7, 11) is 1.43. The normalized spacial score (nSPS) is 39.0. The van der Waals surface area contributed by atoms with Crippen molar-refractivity contribution in [1.82, 2.24) is 9.80 Å². The van der Waals surface area contributed by atoms with Gasteiger partial charge in [0.05, 0.1) is 7.11 Å². The Labute approximate surface area is 134 Å². The van der Waals surface area contributed by atoms with Crippen molar-refractivity contribution in [3.63, 3.8) is 0 Å². The third-order valence-electron chi connectivity index (χ3n) is 5.95. The standard InChI is InChI=1S/C17H31N3O2/c1-11(2)9-20-10-13-12-4-6-19(7-5-12)16(13)15(20)8-14(18)17(21)22-3/h11-16H,4-10,18H2,1-3H3. The summed E-state index contributed by atoms with van der Waals surface area (Å²) in [5.41, 5.74) is 6.10. The van der Waals surface area contributed by atoms with Crippen LogP contribution in [0.15, 0.2) is 0 Å². The van der Waals surface area contributed by atoms with E-state index in [0.717, 1.165) is 24.8 Å². The van der Waals surface area contributed by atoms with Crippen molar-refractivity contribution in [2.75, 3.05) is 33.3 Å². The van der Waals surface area contributed by atoms with Crippen molar-refractivity contribution in [3.05, 3.63) is 0 Å². The lowest BCUT2D eigenvalue weighted by Crippen LogP contribution is -2.58. The van der Waals surface area contributed by atoms with Crippen molar-refractivity contribution >= 4 is 5.97 Å². The molecular weight excluding hydrogens is 278 g/mol. The highest BCUT2D eigenvalue weighted by Crippen LogP contribution is 2.45. The number of esters is 1. The smallest absolute Gasteiger partial charge is 0.322 e. The Morgan fingerprint density at radius 3 is 2.59 bits per heavy atom. The molecule has 0 amide bonds. The molecule has 22 heavy (non-hydrogen) atoms. The number of nitrogens with two attached hydrogens (primary N) is 1. The van der Waals surface area contributed by atoms with Gasteiger partial charge in [-0.15, -0.1) is 0 Å². The lowest BCUT2D eigenvalue weighted by Gasteiger charge is -2.49. The molecule has 2 N–H and O–H groups in total. The van der Waals surface area contributed by atoms with Crippen LogP contribution in [0.1, 0.15) is 33.1 Å². The third-order valence-corrected chi connectivity index (χ3v) is 5.95. The van der Waals surface area contributed by atoms with E-state index in [2.05, 4.69) is 23.6 Å². The van der Waals surface area contributed by atoms with Crippen LogP contribution in [0.2, 0.25) is 0 Å². The second-order valence-electron chi connectivity index (χ2n) is 7.81. The monoisotopic (exact) mass is 309 g/mol. The molecule has 0 radical (unpaired) electrons. The molecule has 4 atom stereocenters. The fourth-order valence-corrected chi connectivity index (χ4v) is 5.08. The highest BCUT2D eigenvalue weighted by molar-refractivity contribution is 5.75. The van der Waals surface area contributed by atoms with Crippen LogP contribution in [-0.2, 0) is 9.53 Å². The first kappa shape index (κ1) is 16.2. The lowest BCUT2D eigenvalue weighted by atomic mass is 9.73. The SMILES string of the molecule is COC(=O)C(N)CC1C2C(CN1CC(C)C)C1CCN2CC1. The van der Waals surface area contributed by atoms with Crippen molar-refractivity contribution in [1.29, 1.82) is 0 Å². The largest absolute Gasteiger partial charge is 0.468 e. The van der Waals surface area contributed by atoms with Crippen LogP contribution in [0.25, 0.3) is 0 Å². The summed E-state index contributed by atoms with van der Waals surface area (Å²) < 4.78 is 4.84. The zero-order valence-electron chi connectivity index (χ0n) is 14.2. The maximum absolute atomic E-state index is 11.8. The Morgan fingerprint density at radius 1 is 1.32 bits per heavy atom. The van der Waals surface area contributed by atoms with Gasteiger partial charge in [-0.05, 0) is 50.1 Å². The molecule has 4 heterocycles. The van der Waals surface area contributed by atoms with Gasteiger partial charge in [0.2, 0.25) is 0 Å². The summed E-state index contributed by atoms with van der Waals surface area (Å²) in [5, 5.41) is 0. The van der Waals surface area contributed by atoms with Crippen LogP contribution in [0.5, 0.6) is 0 Å². The molecule has 4 aliphatic rings. The molecule has 126 valence electrons. The quantitative estimate of drug-likeness (QED) is 0.766. The highest BCUT2D eigenvalue weighted by Gasteiger charge is 2.52. The molecule has 0 spiro atoms. The maximum atomic E-state index is 11.8. The molecule has 4 fully saturated rings. The number of piperidine rings is 3. The number of nitrogens with zero attached hydrogens (tertiary/aromatic N) is 2. The number of carbonyl (C=O) groups excluding carboxylic acids is 1. The number of hydrogen-bond donors (Lipinski definition) is 1. The van der Waals surface area contributed by atoms with Gasteiger partial charge in [-0.25, -0.2) is 0 Å². The van der Waals surface area contributed by atoms with E-state index in [9.17, 15) is 4.79 Å². The molecule has 5 nitrogen and oxygen atoms in total. The predicted octanol–water partition coefficient (Wildman–Crippen LogP) is 0.927. The molecular formula is C17H31N3O2. The van der Waals surface area contributed by atoms with E-state index in [1.165, 1.54) is 39.6 Å². The second-order valence-corrected chi connectivity index (χ2v) is 7.81. The van der Waals surface area contributed by atoms with Crippen LogP contribution in [0, 0.1) is 17.8 Å². The average Bonchev–Trinajstić information content (AvgIpc) is 2.87. The van der Waals surface area contributed by atoms with Crippen LogP contribution in [0.4, 0.5) is 0 Å². The number of ether oxygens (including phenoxy) is 1. The third kappa shape index (κ3) is 2.91. The number of methoxy groups -OCH3 is 1. The van der Waals surface area contributed by atoms with Gasteiger partial charge >= 0.3 is 5.97 Å². The molecule has 0 aromatic heterocycles.